The van der Waals surface area contributed by atoms with E-state index in [-0.39, 0.29) is 22.0 Å². The van der Waals surface area contributed by atoms with Crippen LogP contribution in [0.15, 0.2) is 77.7 Å². The van der Waals surface area contributed by atoms with Gasteiger partial charge in [-0.1, -0.05) is 12.1 Å². The Morgan fingerprint density at radius 2 is 1.36 bits per heavy atom. The molecule has 36 heavy (non-hydrogen) atoms. The first-order valence-electron chi connectivity index (χ1n) is 11.0. The van der Waals surface area contributed by atoms with Crippen LogP contribution in [-0.4, -0.2) is 51.6 Å². The molecule has 0 heterocycles. The molecule has 2 N–H and O–H groups in total. The number of aliphatic carboxylic acids is 1. The lowest BCUT2D eigenvalue weighted by molar-refractivity contribution is -0.146. The van der Waals surface area contributed by atoms with E-state index in [1.165, 1.54) is 38.5 Å². The van der Waals surface area contributed by atoms with Gasteiger partial charge in [-0.25, -0.2) is 13.2 Å². The van der Waals surface area contributed by atoms with Crippen LogP contribution in [0.5, 0.6) is 17.2 Å². The Balaban J connectivity index is 1.54. The topological polar surface area (TPSA) is 128 Å². The maximum absolute atomic E-state index is 12.5. The van der Waals surface area contributed by atoms with Gasteiger partial charge in [-0.2, -0.15) is 0 Å². The number of rotatable bonds is 12. The lowest BCUT2D eigenvalue weighted by Crippen LogP contribution is -2.44. The van der Waals surface area contributed by atoms with Gasteiger partial charge in [0.1, 0.15) is 17.2 Å². The van der Waals surface area contributed by atoms with Crippen LogP contribution in [-0.2, 0) is 21.1 Å². The molecule has 3 aromatic carbocycles. The van der Waals surface area contributed by atoms with Gasteiger partial charge in [0.2, 0.25) is 0 Å². The summed E-state index contributed by atoms with van der Waals surface area (Å²) >= 11 is 0. The normalized spacial score (nSPS) is 11.8. The number of amides is 1. The fourth-order valence-electron chi connectivity index (χ4n) is 3.32. The molecule has 3 rings (SSSR count). The van der Waals surface area contributed by atoms with Gasteiger partial charge < -0.3 is 24.6 Å². The third-order valence-electron chi connectivity index (χ3n) is 5.31. The summed E-state index contributed by atoms with van der Waals surface area (Å²) in [4.78, 5) is 24.2. The second-order valence-electron chi connectivity index (χ2n) is 7.78. The molecule has 0 saturated carbocycles. The fraction of sp³-hybridized carbons (Fsp3) is 0.231. The lowest BCUT2D eigenvalue weighted by Gasteiger charge is -2.17. The Bertz CT molecular complexity index is 1270. The van der Waals surface area contributed by atoms with Crippen LogP contribution in [0.2, 0.25) is 0 Å². The summed E-state index contributed by atoms with van der Waals surface area (Å²) in [6, 6.07) is 19.0. The highest BCUT2D eigenvalue weighted by atomic mass is 32.2. The number of aryl methyl sites for hydroxylation is 1. The number of carboxylic acids is 1. The van der Waals surface area contributed by atoms with Crippen LogP contribution in [0.25, 0.3) is 0 Å². The summed E-state index contributed by atoms with van der Waals surface area (Å²) in [5, 5.41) is 11.8. The predicted molar refractivity (Wildman–Crippen MR) is 132 cm³/mol. The number of benzene rings is 3. The number of hydrogen-bond acceptors (Lipinski definition) is 7. The highest BCUT2D eigenvalue weighted by Crippen LogP contribution is 2.19. The Morgan fingerprint density at radius 1 is 0.833 bits per heavy atom. The van der Waals surface area contributed by atoms with Gasteiger partial charge in [-0.3, -0.25) is 4.79 Å². The highest BCUT2D eigenvalue weighted by Gasteiger charge is 2.23. The van der Waals surface area contributed by atoms with Crippen molar-refractivity contribution in [2.75, 3.05) is 20.0 Å². The van der Waals surface area contributed by atoms with Gasteiger partial charge in [-0.05, 0) is 79.1 Å². The summed E-state index contributed by atoms with van der Waals surface area (Å²) in [5.41, 5.74) is 1.12. The van der Waals surface area contributed by atoms with Gasteiger partial charge >= 0.3 is 5.97 Å². The molecule has 190 valence electrons. The van der Waals surface area contributed by atoms with Gasteiger partial charge in [0.25, 0.3) is 12.1 Å². The van der Waals surface area contributed by atoms with E-state index >= 15 is 0 Å². The lowest BCUT2D eigenvalue weighted by atomic mass is 10.1. The molecule has 0 aliphatic carbocycles. The number of methoxy groups -OCH3 is 2. The average Bonchev–Trinajstić information content (AvgIpc) is 2.89. The van der Waals surface area contributed by atoms with Gasteiger partial charge in [0.05, 0.1) is 24.9 Å². The van der Waals surface area contributed by atoms with Crippen LogP contribution in [0, 0.1) is 0 Å². The minimum Gasteiger partial charge on any atom is -0.497 e. The smallest absolute Gasteiger partial charge is 0.366 e. The Morgan fingerprint density at radius 3 is 1.89 bits per heavy atom. The number of hydrogen-bond donors (Lipinski definition) is 2. The second kappa shape index (κ2) is 12.1. The Kier molecular flexibility index (Phi) is 8.91. The summed E-state index contributed by atoms with van der Waals surface area (Å²) in [7, 11) is -0.407. The zero-order valence-electron chi connectivity index (χ0n) is 19.8. The molecule has 0 aliphatic rings. The van der Waals surface area contributed by atoms with E-state index in [9.17, 15) is 23.1 Å². The van der Waals surface area contributed by atoms with Crippen molar-refractivity contribution < 1.29 is 37.3 Å². The van der Waals surface area contributed by atoms with Crippen LogP contribution < -0.4 is 19.5 Å². The van der Waals surface area contributed by atoms with E-state index < -0.39 is 27.9 Å². The molecule has 0 bridgehead atoms. The molecule has 0 aromatic heterocycles. The van der Waals surface area contributed by atoms with Crippen LogP contribution in [0.4, 0.5) is 0 Å². The first-order chi connectivity index (χ1) is 17.2. The van der Waals surface area contributed by atoms with Gasteiger partial charge in [0, 0.05) is 5.56 Å². The van der Waals surface area contributed by atoms with Crippen molar-refractivity contribution in [2.45, 2.75) is 24.0 Å². The van der Waals surface area contributed by atoms with Gasteiger partial charge in [0.15, 0.2) is 9.84 Å². The molecule has 0 aliphatic heterocycles. The van der Waals surface area contributed by atoms with Crippen molar-refractivity contribution in [1.82, 2.24) is 5.32 Å². The van der Waals surface area contributed by atoms with Crippen LogP contribution in [0.1, 0.15) is 22.3 Å². The minimum atomic E-state index is -3.42. The SMILES string of the molecule is COc1ccc(C(=O)NC(Oc2ccc(CCCS(=O)(=O)c3ccc(OC)cc3)cc2)C(=O)O)cc1. The van der Waals surface area contributed by atoms with Crippen molar-refractivity contribution in [2.24, 2.45) is 0 Å². The third kappa shape index (κ3) is 7.22. The quantitative estimate of drug-likeness (QED) is 0.353. The number of carboxylic acid groups (broad SMARTS) is 1. The van der Waals surface area contributed by atoms with Gasteiger partial charge in [-0.15, -0.1) is 0 Å². The predicted octanol–water partition coefficient (Wildman–Crippen LogP) is 3.33. The Labute approximate surface area is 209 Å². The standard InChI is InChI=1S/C26H27NO8S/c1-33-20-11-7-19(8-12-20)24(28)27-25(26(29)30)35-22-9-5-18(6-10-22)4-3-17-36(31,32)23-15-13-21(34-2)14-16-23/h5-16,25H,3-4,17H2,1-2H3,(H,27,28)(H,29,30). The number of sulfone groups is 1. The van der Waals surface area contributed by atoms with Crippen molar-refractivity contribution in [1.29, 1.82) is 0 Å². The summed E-state index contributed by atoms with van der Waals surface area (Å²) in [6.45, 7) is 0. The average molecular weight is 514 g/mol. The van der Waals surface area contributed by atoms with E-state index in [2.05, 4.69) is 5.32 Å². The number of carbonyl (C=O) groups excluding carboxylic acids is 1. The van der Waals surface area contributed by atoms with E-state index in [0.717, 1.165) is 5.56 Å². The van der Waals surface area contributed by atoms with E-state index in [0.29, 0.717) is 24.3 Å². The van der Waals surface area contributed by atoms with Crippen LogP contribution >= 0.6 is 0 Å². The molecule has 0 radical (unpaired) electrons. The molecule has 1 amide bonds. The second-order valence-corrected chi connectivity index (χ2v) is 9.89. The zero-order valence-corrected chi connectivity index (χ0v) is 20.7. The largest absolute Gasteiger partial charge is 0.497 e. The highest BCUT2D eigenvalue weighted by molar-refractivity contribution is 7.91. The van der Waals surface area contributed by atoms with E-state index in [4.69, 9.17) is 14.2 Å². The summed E-state index contributed by atoms with van der Waals surface area (Å²) in [5.74, 6) is -0.593. The molecule has 9 nitrogen and oxygen atoms in total. The number of nitrogens with one attached hydrogen (secondary N) is 1. The van der Waals surface area contributed by atoms with E-state index in [1.807, 2.05) is 0 Å². The molecule has 10 heteroatoms. The molecule has 0 spiro atoms. The minimum absolute atomic E-state index is 0.0178. The summed E-state index contributed by atoms with van der Waals surface area (Å²) < 4.78 is 40.6. The third-order valence-corrected chi connectivity index (χ3v) is 7.13. The Hall–Kier alpha value is -4.05. The molecule has 1 atom stereocenters. The maximum atomic E-state index is 12.5. The molecule has 3 aromatic rings. The molecule has 0 fully saturated rings. The maximum Gasteiger partial charge on any atom is 0.366 e. The number of ether oxygens (including phenoxy) is 3. The first-order valence-corrected chi connectivity index (χ1v) is 12.7. The zero-order chi connectivity index (χ0) is 26.1. The molecule has 1 unspecified atom stereocenters. The van der Waals surface area contributed by atoms with Crippen molar-refractivity contribution >= 4 is 21.7 Å². The van der Waals surface area contributed by atoms with Crippen molar-refractivity contribution in [3.8, 4) is 17.2 Å². The molecular weight excluding hydrogens is 486 g/mol. The monoisotopic (exact) mass is 513 g/mol. The number of carbonyl (C=O) groups is 2. The first kappa shape index (κ1) is 26.6. The van der Waals surface area contributed by atoms with Crippen molar-refractivity contribution in [3.05, 3.63) is 83.9 Å². The summed E-state index contributed by atoms with van der Waals surface area (Å²) in [6.07, 6.45) is -0.684. The van der Waals surface area contributed by atoms with E-state index in [1.54, 1.807) is 48.5 Å². The molecule has 0 saturated heterocycles. The fourth-order valence-corrected chi connectivity index (χ4v) is 4.64. The molecular formula is C26H27NO8S. The van der Waals surface area contributed by atoms with Crippen LogP contribution in [0.3, 0.4) is 0 Å². The van der Waals surface area contributed by atoms with Crippen molar-refractivity contribution in [3.63, 3.8) is 0 Å².